The van der Waals surface area contributed by atoms with Crippen molar-refractivity contribution in [3.8, 4) is 5.75 Å². The molecule has 2 atom stereocenters. The van der Waals surface area contributed by atoms with Gasteiger partial charge in [0.15, 0.2) is 0 Å². The molecule has 1 aromatic rings. The zero-order valence-electron chi connectivity index (χ0n) is 14.8. The van der Waals surface area contributed by atoms with Gasteiger partial charge >= 0.3 is 6.36 Å². The molecule has 2 fully saturated rings. The van der Waals surface area contributed by atoms with Gasteiger partial charge in [-0.1, -0.05) is 37.5 Å². The molecule has 0 amide bonds. The Kier molecular flexibility index (Phi) is 5.58. The molecule has 1 aliphatic carbocycles. The van der Waals surface area contributed by atoms with Crippen LogP contribution in [0, 0.1) is 23.7 Å². The number of nitrogens with zero attached hydrogens (tertiary/aromatic N) is 2. The zero-order valence-corrected chi connectivity index (χ0v) is 14.8. The maximum absolute atomic E-state index is 12.3. The summed E-state index contributed by atoms with van der Waals surface area (Å²) >= 11 is 0. The molecule has 0 N–H and O–H groups in total. The second-order valence-electron chi connectivity index (χ2n) is 7.69. The van der Waals surface area contributed by atoms with Crippen LogP contribution in [0.4, 0.5) is 13.2 Å². The molecule has 0 bridgehead atoms. The standard InChI is InChI=1S/C19H26F3N2O/c1-13(2)6-7-24-11-17-16(18(17)12-24)10-23-9-14-4-3-5-15(8-14)25-19(20,21)22/h3-5,8,13,16-18H,6-7,9-12H2,1-2H3/q-1. The highest BCUT2D eigenvalue weighted by Crippen LogP contribution is 2.52. The van der Waals surface area contributed by atoms with Crippen LogP contribution < -0.4 is 4.74 Å². The van der Waals surface area contributed by atoms with E-state index in [1.165, 1.54) is 38.2 Å². The van der Waals surface area contributed by atoms with Gasteiger partial charge in [-0.2, -0.15) is 0 Å². The molecule has 3 nitrogen and oxygen atoms in total. The van der Waals surface area contributed by atoms with E-state index in [2.05, 4.69) is 28.8 Å². The van der Waals surface area contributed by atoms with Crippen LogP contribution in [-0.2, 0) is 6.54 Å². The molecule has 1 saturated carbocycles. The lowest BCUT2D eigenvalue weighted by Gasteiger charge is -2.24. The molecule has 6 heteroatoms. The van der Waals surface area contributed by atoms with Gasteiger partial charge in [-0.25, -0.2) is 0 Å². The molecule has 1 aromatic carbocycles. The maximum Gasteiger partial charge on any atom is 0.573 e. The van der Waals surface area contributed by atoms with E-state index < -0.39 is 6.36 Å². The van der Waals surface area contributed by atoms with Crippen molar-refractivity contribution in [2.75, 3.05) is 26.2 Å². The second-order valence-corrected chi connectivity index (χ2v) is 7.69. The number of benzene rings is 1. The number of halogens is 3. The number of piperidine rings is 1. The van der Waals surface area contributed by atoms with Crippen molar-refractivity contribution in [1.29, 1.82) is 0 Å². The van der Waals surface area contributed by atoms with Crippen molar-refractivity contribution in [3.05, 3.63) is 35.1 Å². The fourth-order valence-electron chi connectivity index (χ4n) is 3.81. The average molecular weight is 355 g/mol. The van der Waals surface area contributed by atoms with Crippen molar-refractivity contribution in [1.82, 2.24) is 4.90 Å². The van der Waals surface area contributed by atoms with Crippen molar-refractivity contribution in [3.63, 3.8) is 0 Å². The molecule has 0 spiro atoms. The van der Waals surface area contributed by atoms with Gasteiger partial charge < -0.3 is 15.0 Å². The highest BCUT2D eigenvalue weighted by Gasteiger charge is 2.52. The molecular formula is C19H26F3N2O-. The number of hydrogen-bond donors (Lipinski definition) is 0. The van der Waals surface area contributed by atoms with E-state index in [1.807, 2.05) is 0 Å². The van der Waals surface area contributed by atoms with E-state index in [0.29, 0.717) is 12.5 Å². The minimum absolute atomic E-state index is 0.177. The summed E-state index contributed by atoms with van der Waals surface area (Å²) in [5.41, 5.74) is 0.756. The molecule has 3 rings (SSSR count). The zero-order chi connectivity index (χ0) is 18.0. The highest BCUT2D eigenvalue weighted by molar-refractivity contribution is 5.30. The quantitative estimate of drug-likeness (QED) is 0.677. The Morgan fingerprint density at radius 3 is 2.60 bits per heavy atom. The summed E-state index contributed by atoms with van der Waals surface area (Å²) in [6.07, 6.45) is -3.40. The fraction of sp³-hybridized carbons (Fsp3) is 0.684. The molecule has 0 aromatic heterocycles. The largest absolute Gasteiger partial charge is 0.658 e. The summed E-state index contributed by atoms with van der Waals surface area (Å²) < 4.78 is 40.7. The van der Waals surface area contributed by atoms with Crippen LogP contribution in [0.3, 0.4) is 0 Å². The Labute approximate surface area is 147 Å². The third-order valence-corrected chi connectivity index (χ3v) is 5.24. The summed E-state index contributed by atoms with van der Waals surface area (Å²) in [7, 11) is 0. The monoisotopic (exact) mass is 355 g/mol. The van der Waals surface area contributed by atoms with E-state index in [1.54, 1.807) is 12.1 Å². The normalized spacial score (nSPS) is 26.1. The summed E-state index contributed by atoms with van der Waals surface area (Å²) in [6.45, 7) is 9.35. The molecule has 2 unspecified atom stereocenters. The summed E-state index contributed by atoms with van der Waals surface area (Å²) in [5.74, 6) is 2.79. The Hall–Kier alpha value is -1.27. The fourth-order valence-corrected chi connectivity index (χ4v) is 3.81. The molecule has 0 radical (unpaired) electrons. The van der Waals surface area contributed by atoms with E-state index in [9.17, 15) is 13.2 Å². The summed E-state index contributed by atoms with van der Waals surface area (Å²) in [5, 5.41) is 4.57. The Balaban J connectivity index is 1.36. The summed E-state index contributed by atoms with van der Waals surface area (Å²) in [6, 6.07) is 6.09. The first-order valence-corrected chi connectivity index (χ1v) is 9.02. The van der Waals surface area contributed by atoms with Crippen molar-refractivity contribution >= 4 is 0 Å². The van der Waals surface area contributed by atoms with Crippen molar-refractivity contribution in [2.45, 2.75) is 33.2 Å². The lowest BCUT2D eigenvalue weighted by Crippen LogP contribution is -2.27. The SMILES string of the molecule is CC(C)CCN1CC2C(C[N-]Cc3cccc(OC(F)(F)F)c3)C2C1. The van der Waals surface area contributed by atoms with Crippen LogP contribution in [0.25, 0.3) is 5.32 Å². The maximum atomic E-state index is 12.3. The van der Waals surface area contributed by atoms with Gasteiger partial charge in [0.2, 0.25) is 0 Å². The van der Waals surface area contributed by atoms with Crippen LogP contribution >= 0.6 is 0 Å². The van der Waals surface area contributed by atoms with Crippen molar-refractivity contribution in [2.24, 2.45) is 23.7 Å². The topological polar surface area (TPSA) is 26.6 Å². The van der Waals surface area contributed by atoms with E-state index in [-0.39, 0.29) is 5.75 Å². The van der Waals surface area contributed by atoms with E-state index >= 15 is 0 Å². The number of ether oxygens (including phenoxy) is 1. The lowest BCUT2D eigenvalue weighted by molar-refractivity contribution is -0.274. The van der Waals surface area contributed by atoms with Crippen LogP contribution in [-0.4, -0.2) is 37.4 Å². The molecule has 1 aliphatic heterocycles. The molecular weight excluding hydrogens is 329 g/mol. The van der Waals surface area contributed by atoms with Crippen LogP contribution in [0.15, 0.2) is 24.3 Å². The van der Waals surface area contributed by atoms with Crippen LogP contribution in [0.5, 0.6) is 5.75 Å². The second kappa shape index (κ2) is 7.54. The number of hydrogen-bond acceptors (Lipinski definition) is 2. The smallest absolute Gasteiger partial charge is 0.573 e. The number of fused-ring (bicyclic) bond motifs is 1. The lowest BCUT2D eigenvalue weighted by atomic mass is 10.1. The predicted molar refractivity (Wildman–Crippen MR) is 91.4 cm³/mol. The van der Waals surface area contributed by atoms with Crippen LogP contribution in [0.2, 0.25) is 0 Å². The average Bonchev–Trinajstić information content (AvgIpc) is 2.97. The van der Waals surface area contributed by atoms with Gasteiger partial charge in [-0.15, -0.1) is 26.3 Å². The van der Waals surface area contributed by atoms with Gasteiger partial charge in [0.1, 0.15) is 5.75 Å². The Morgan fingerprint density at radius 1 is 1.24 bits per heavy atom. The van der Waals surface area contributed by atoms with Crippen molar-refractivity contribution < 1.29 is 17.9 Å². The van der Waals surface area contributed by atoms with Gasteiger partial charge in [0.25, 0.3) is 0 Å². The Morgan fingerprint density at radius 2 is 1.96 bits per heavy atom. The Bertz CT molecular complexity index is 564. The van der Waals surface area contributed by atoms with E-state index in [0.717, 1.165) is 29.9 Å². The summed E-state index contributed by atoms with van der Waals surface area (Å²) in [4.78, 5) is 2.56. The highest BCUT2D eigenvalue weighted by atomic mass is 19.4. The van der Waals surface area contributed by atoms with Gasteiger partial charge in [-0.3, -0.25) is 0 Å². The predicted octanol–water partition coefficient (Wildman–Crippen LogP) is 4.68. The molecule has 25 heavy (non-hydrogen) atoms. The van der Waals surface area contributed by atoms with Gasteiger partial charge in [-0.05, 0) is 42.9 Å². The first-order valence-electron chi connectivity index (χ1n) is 9.02. The number of likely N-dealkylation sites (tertiary alicyclic amines) is 1. The minimum Gasteiger partial charge on any atom is -0.658 e. The number of rotatable bonds is 8. The molecule has 1 saturated heterocycles. The third-order valence-electron chi connectivity index (χ3n) is 5.24. The first kappa shape index (κ1) is 18.5. The molecule has 140 valence electrons. The van der Waals surface area contributed by atoms with Gasteiger partial charge in [0.05, 0.1) is 0 Å². The molecule has 1 heterocycles. The van der Waals surface area contributed by atoms with Crippen LogP contribution in [0.1, 0.15) is 25.8 Å². The van der Waals surface area contributed by atoms with Gasteiger partial charge in [0, 0.05) is 13.1 Å². The first-order chi connectivity index (χ1) is 11.8. The molecule has 2 aliphatic rings. The number of alkyl halides is 3. The van der Waals surface area contributed by atoms with E-state index in [4.69, 9.17) is 0 Å². The third kappa shape index (κ3) is 5.35. The minimum atomic E-state index is -4.65.